The summed E-state index contributed by atoms with van der Waals surface area (Å²) in [7, 11) is 0. The van der Waals surface area contributed by atoms with Gasteiger partial charge in [-0.1, -0.05) is 67.2 Å². The van der Waals surface area contributed by atoms with Gasteiger partial charge in [-0.05, 0) is 18.1 Å². The Labute approximate surface area is 183 Å². The number of quaternary nitrogens is 1. The number of piperazine rings is 1. The van der Waals surface area contributed by atoms with Crippen LogP contribution in [-0.4, -0.2) is 47.3 Å². The third kappa shape index (κ3) is 3.97. The Kier molecular flexibility index (Phi) is 5.26. The third-order valence-electron chi connectivity index (χ3n) is 5.95. The minimum atomic E-state index is 0.902. The molecular weight excluding hydrogens is 382 g/mol. The van der Waals surface area contributed by atoms with Gasteiger partial charge in [-0.15, -0.1) is 0 Å². The van der Waals surface area contributed by atoms with E-state index in [1.165, 1.54) is 5.57 Å². The molecule has 0 spiro atoms. The maximum Gasteiger partial charge on any atom is 0.165 e. The van der Waals surface area contributed by atoms with Crippen LogP contribution in [0.1, 0.15) is 6.92 Å². The summed E-state index contributed by atoms with van der Waals surface area (Å²) in [5.41, 5.74) is 6.46. The van der Waals surface area contributed by atoms with Gasteiger partial charge in [0.15, 0.2) is 5.65 Å². The van der Waals surface area contributed by atoms with Gasteiger partial charge in [0.2, 0.25) is 0 Å². The van der Waals surface area contributed by atoms with Crippen LogP contribution in [-0.2, 0) is 0 Å². The summed E-state index contributed by atoms with van der Waals surface area (Å²) >= 11 is 0. The Balaban J connectivity index is 1.59. The lowest BCUT2D eigenvalue weighted by Crippen LogP contribution is -3.15. The molecule has 1 N–H and O–H groups in total. The van der Waals surface area contributed by atoms with E-state index in [1.54, 1.807) is 4.90 Å². The van der Waals surface area contributed by atoms with Crippen molar-refractivity contribution in [2.24, 2.45) is 0 Å². The van der Waals surface area contributed by atoms with Crippen molar-refractivity contribution >= 4 is 11.5 Å². The first-order valence-corrected chi connectivity index (χ1v) is 10.9. The van der Waals surface area contributed by atoms with Crippen molar-refractivity contribution in [3.8, 4) is 22.4 Å². The molecule has 0 bridgehead atoms. The van der Waals surface area contributed by atoms with Gasteiger partial charge in [-0.3, -0.25) is 0 Å². The summed E-state index contributed by atoms with van der Waals surface area (Å²) in [6.07, 6.45) is 1.94. The molecule has 31 heavy (non-hydrogen) atoms. The standard InChI is InChI=1S/C26H27N5/c1-20(2)19-29-13-15-30(16-14-29)25-17-24(22-11-7-4-8-12-22)28-26-23(18-27-31(25)26)21-9-5-3-6-10-21/h3-12,17-18H,1,13-16,19H2,2H3/p+1. The molecule has 0 radical (unpaired) electrons. The quantitative estimate of drug-likeness (QED) is 0.513. The van der Waals surface area contributed by atoms with Crippen molar-refractivity contribution in [3.05, 3.63) is 85.1 Å². The summed E-state index contributed by atoms with van der Waals surface area (Å²) in [6, 6.07) is 23.0. The fourth-order valence-electron chi connectivity index (χ4n) is 4.41. The van der Waals surface area contributed by atoms with Crippen LogP contribution in [0.25, 0.3) is 28.0 Å². The molecule has 5 heteroatoms. The largest absolute Gasteiger partial charge is 0.345 e. The van der Waals surface area contributed by atoms with E-state index in [9.17, 15) is 0 Å². The minimum absolute atomic E-state index is 0.902. The number of nitrogens with one attached hydrogen (secondary N) is 1. The molecule has 5 nitrogen and oxygen atoms in total. The average molecular weight is 411 g/mol. The van der Waals surface area contributed by atoms with Gasteiger partial charge >= 0.3 is 0 Å². The first-order valence-electron chi connectivity index (χ1n) is 10.9. The van der Waals surface area contributed by atoms with Crippen molar-refractivity contribution in [2.45, 2.75) is 6.92 Å². The van der Waals surface area contributed by atoms with Crippen LogP contribution in [0.4, 0.5) is 5.82 Å². The fraction of sp³-hybridized carbons (Fsp3) is 0.231. The van der Waals surface area contributed by atoms with E-state index in [4.69, 9.17) is 10.1 Å². The molecule has 3 heterocycles. The normalized spacial score (nSPS) is 14.8. The highest BCUT2D eigenvalue weighted by atomic mass is 15.4. The van der Waals surface area contributed by atoms with Gasteiger partial charge < -0.3 is 9.80 Å². The van der Waals surface area contributed by atoms with Crippen LogP contribution in [0.3, 0.4) is 0 Å². The number of nitrogens with zero attached hydrogens (tertiary/aromatic N) is 4. The van der Waals surface area contributed by atoms with Crippen molar-refractivity contribution in [1.82, 2.24) is 14.6 Å². The number of hydrogen-bond donors (Lipinski definition) is 1. The predicted molar refractivity (Wildman–Crippen MR) is 126 cm³/mol. The zero-order valence-corrected chi connectivity index (χ0v) is 18.0. The van der Waals surface area contributed by atoms with E-state index in [0.717, 1.165) is 66.6 Å². The second-order valence-electron chi connectivity index (χ2n) is 8.40. The zero-order chi connectivity index (χ0) is 21.2. The fourth-order valence-corrected chi connectivity index (χ4v) is 4.41. The Morgan fingerprint density at radius 1 is 0.968 bits per heavy atom. The molecule has 0 amide bonds. The molecule has 0 saturated carbocycles. The van der Waals surface area contributed by atoms with E-state index in [2.05, 4.69) is 73.0 Å². The Bertz CT molecular complexity index is 1190. The lowest BCUT2D eigenvalue weighted by Gasteiger charge is -2.33. The van der Waals surface area contributed by atoms with Crippen LogP contribution >= 0.6 is 0 Å². The molecule has 2 aromatic heterocycles. The van der Waals surface area contributed by atoms with Crippen LogP contribution in [0.2, 0.25) is 0 Å². The smallest absolute Gasteiger partial charge is 0.165 e. The molecule has 1 saturated heterocycles. The zero-order valence-electron chi connectivity index (χ0n) is 18.0. The summed E-state index contributed by atoms with van der Waals surface area (Å²) in [5.74, 6) is 1.11. The van der Waals surface area contributed by atoms with E-state index < -0.39 is 0 Å². The van der Waals surface area contributed by atoms with E-state index in [-0.39, 0.29) is 0 Å². The summed E-state index contributed by atoms with van der Waals surface area (Å²) < 4.78 is 2.01. The number of fused-ring (bicyclic) bond motifs is 1. The lowest BCUT2D eigenvalue weighted by atomic mass is 10.1. The molecule has 1 aliphatic rings. The van der Waals surface area contributed by atoms with Gasteiger partial charge in [-0.25, -0.2) is 4.98 Å². The van der Waals surface area contributed by atoms with Gasteiger partial charge in [0.25, 0.3) is 0 Å². The number of anilines is 1. The third-order valence-corrected chi connectivity index (χ3v) is 5.95. The van der Waals surface area contributed by atoms with Crippen LogP contribution < -0.4 is 9.80 Å². The van der Waals surface area contributed by atoms with Crippen molar-refractivity contribution in [2.75, 3.05) is 37.6 Å². The molecule has 5 rings (SSSR count). The number of rotatable bonds is 5. The topological polar surface area (TPSA) is 37.9 Å². The average Bonchev–Trinajstić information content (AvgIpc) is 3.24. The summed E-state index contributed by atoms with van der Waals surface area (Å²) in [5, 5.41) is 4.76. The van der Waals surface area contributed by atoms with Gasteiger partial charge in [0, 0.05) is 17.2 Å². The second-order valence-corrected chi connectivity index (χ2v) is 8.40. The molecule has 1 aliphatic heterocycles. The highest BCUT2D eigenvalue weighted by molar-refractivity contribution is 5.80. The number of benzene rings is 2. The van der Waals surface area contributed by atoms with Crippen LogP contribution in [0.5, 0.6) is 0 Å². The predicted octanol–water partition coefficient (Wildman–Crippen LogP) is 3.34. The van der Waals surface area contributed by atoms with Crippen molar-refractivity contribution in [1.29, 1.82) is 0 Å². The molecular formula is C26H28N5+. The van der Waals surface area contributed by atoms with Gasteiger partial charge in [-0.2, -0.15) is 9.61 Å². The molecule has 4 aromatic rings. The monoisotopic (exact) mass is 410 g/mol. The first kappa shape index (κ1) is 19.5. The minimum Gasteiger partial charge on any atom is -0.345 e. The maximum absolute atomic E-state index is 5.05. The molecule has 2 aromatic carbocycles. The highest BCUT2D eigenvalue weighted by Crippen LogP contribution is 2.30. The van der Waals surface area contributed by atoms with E-state index >= 15 is 0 Å². The summed E-state index contributed by atoms with van der Waals surface area (Å²) in [6.45, 7) is 11.5. The maximum atomic E-state index is 5.05. The van der Waals surface area contributed by atoms with Crippen molar-refractivity contribution < 1.29 is 4.90 Å². The van der Waals surface area contributed by atoms with Gasteiger partial charge in [0.1, 0.15) is 5.82 Å². The SMILES string of the molecule is C=C(C)C[NH+]1CCN(c2cc(-c3ccccc3)nc3c(-c4ccccc4)cnn23)CC1. The molecule has 156 valence electrons. The highest BCUT2D eigenvalue weighted by Gasteiger charge is 2.24. The summed E-state index contributed by atoms with van der Waals surface area (Å²) in [4.78, 5) is 9.10. The number of hydrogen-bond acceptors (Lipinski definition) is 3. The Hall–Kier alpha value is -3.44. The first-order chi connectivity index (χ1) is 15.2. The molecule has 0 atom stereocenters. The van der Waals surface area contributed by atoms with E-state index in [1.807, 2.05) is 22.8 Å². The molecule has 0 unspecified atom stereocenters. The van der Waals surface area contributed by atoms with E-state index in [0.29, 0.717) is 0 Å². The number of aromatic nitrogens is 3. The van der Waals surface area contributed by atoms with Gasteiger partial charge in [0.05, 0.1) is 44.6 Å². The Morgan fingerprint density at radius 3 is 2.26 bits per heavy atom. The van der Waals surface area contributed by atoms with Crippen LogP contribution in [0, 0.1) is 0 Å². The molecule has 0 aliphatic carbocycles. The lowest BCUT2D eigenvalue weighted by molar-refractivity contribution is -0.895. The van der Waals surface area contributed by atoms with Crippen LogP contribution in [0.15, 0.2) is 85.1 Å². The Morgan fingerprint density at radius 2 is 1.61 bits per heavy atom. The second kappa shape index (κ2) is 8.36. The van der Waals surface area contributed by atoms with Crippen molar-refractivity contribution in [3.63, 3.8) is 0 Å². The molecule has 1 fully saturated rings.